The Kier molecular flexibility index (Phi) is 21.3. The van der Waals surface area contributed by atoms with E-state index in [2.05, 4.69) is 73.4 Å². The Morgan fingerprint density at radius 1 is 0.885 bits per heavy atom. The fourth-order valence-electron chi connectivity index (χ4n) is 2.53. The summed E-state index contributed by atoms with van der Waals surface area (Å²) in [4.78, 5) is 14.8. The van der Waals surface area contributed by atoms with Gasteiger partial charge in [0.2, 0.25) is 0 Å². The van der Waals surface area contributed by atoms with Crippen LogP contribution >= 0.6 is 0 Å². The molecule has 0 saturated carbocycles. The van der Waals surface area contributed by atoms with E-state index in [9.17, 15) is 4.79 Å². The second-order valence-corrected chi connectivity index (χ2v) is 11.7. The zero-order valence-electron chi connectivity index (χ0n) is 16.5. The van der Waals surface area contributed by atoms with Crippen molar-refractivity contribution in [1.29, 1.82) is 0 Å². The number of benzene rings is 1. The average molecular weight is 414 g/mol. The molecule has 0 radical (unpaired) electrons. The van der Waals surface area contributed by atoms with Gasteiger partial charge in [-0.3, -0.25) is 4.79 Å². The Bertz CT molecular complexity index is 553. The molecule has 0 aliphatic heterocycles. The smallest absolute Gasteiger partial charge is 0 e. The monoisotopic (exact) mass is 413 g/mol. The predicted molar refractivity (Wildman–Crippen MR) is 97.7 cm³/mol. The van der Waals surface area contributed by atoms with Crippen molar-refractivity contribution in [3.63, 3.8) is 0 Å². The van der Waals surface area contributed by atoms with Gasteiger partial charge in [0.15, 0.2) is 0 Å². The van der Waals surface area contributed by atoms with Crippen LogP contribution < -0.4 is 5.19 Å². The molecule has 1 aromatic rings. The quantitative estimate of drug-likeness (QED) is 0.423. The van der Waals surface area contributed by atoms with Crippen molar-refractivity contribution in [1.82, 2.24) is 4.90 Å². The molecule has 1 amide bonds. The maximum absolute atomic E-state index is 12.8. The fraction of sp³-hybridized carbons (Fsp3) is 0.474. The fourth-order valence-corrected chi connectivity index (χ4v) is 4.12. The number of hydrogen-bond acceptors (Lipinski definition) is 1. The molecule has 5 nitrogen and oxygen atoms in total. The summed E-state index contributed by atoms with van der Waals surface area (Å²) in [5.41, 5.74) is 0.893. The van der Waals surface area contributed by atoms with Gasteiger partial charge in [-0.1, -0.05) is 37.8 Å². The van der Waals surface area contributed by atoms with Crippen LogP contribution in [0.5, 0.6) is 0 Å². The minimum Gasteiger partial charge on any atom is 0 e. The molecule has 1 rings (SSSR count). The summed E-state index contributed by atoms with van der Waals surface area (Å²) >= 11 is 0. The zero-order valence-corrected chi connectivity index (χ0v) is 18.7. The van der Waals surface area contributed by atoms with Crippen molar-refractivity contribution in [3.8, 4) is 0 Å². The number of nitrogens with zero attached hydrogens (tertiary/aromatic N) is 1. The first-order valence-corrected chi connectivity index (χ1v) is 11.2. The van der Waals surface area contributed by atoms with E-state index in [1.165, 1.54) is 5.19 Å². The molecule has 0 fully saturated rings. The Balaban J connectivity index is -0.000000312. The van der Waals surface area contributed by atoms with Gasteiger partial charge in [0.1, 0.15) is 0 Å². The molecule has 0 aromatic heterocycles. The molecule has 142 valence electrons. The first-order valence-electron chi connectivity index (χ1n) is 7.69. The Morgan fingerprint density at radius 2 is 1.23 bits per heavy atom. The maximum Gasteiger partial charge on any atom is 0 e. The molecule has 0 atom stereocenters. The summed E-state index contributed by atoms with van der Waals surface area (Å²) < 4.78 is 22.5. The molecule has 0 saturated heterocycles. The molecule has 26 heavy (non-hydrogen) atoms. The van der Waals surface area contributed by atoms with Crippen LogP contribution in [-0.2, 0) is 31.3 Å². The molecular formula is C19H27CrNO4Si. The molecule has 0 spiro atoms. The van der Waals surface area contributed by atoms with E-state index < -0.39 is 8.07 Å². The largest absolute Gasteiger partial charge is 0 e. The van der Waals surface area contributed by atoms with Crippen LogP contribution in [0.2, 0.25) is 19.6 Å². The van der Waals surface area contributed by atoms with E-state index in [1.54, 1.807) is 0 Å². The number of rotatable bonds is 4. The molecule has 0 aliphatic carbocycles. The van der Waals surface area contributed by atoms with Crippen molar-refractivity contribution < 1.29 is 36.1 Å². The molecule has 0 aliphatic rings. The van der Waals surface area contributed by atoms with Crippen molar-refractivity contribution >= 4 is 19.2 Å². The Hall–Kier alpha value is -1.34. The van der Waals surface area contributed by atoms with Gasteiger partial charge in [-0.25, -0.2) is 0 Å². The summed E-state index contributed by atoms with van der Waals surface area (Å²) in [5, 5.41) is 1.26. The Morgan fingerprint density at radius 3 is 1.54 bits per heavy atom. The molecule has 1 aromatic carbocycles. The summed E-state index contributed by atoms with van der Waals surface area (Å²) in [6.07, 6.45) is 0. The van der Waals surface area contributed by atoms with Crippen molar-refractivity contribution in [3.05, 3.63) is 49.8 Å². The predicted octanol–water partition coefficient (Wildman–Crippen LogP) is 3.38. The van der Waals surface area contributed by atoms with Crippen LogP contribution in [0.25, 0.3) is 0 Å². The van der Waals surface area contributed by atoms with Crippen LogP contribution in [0.15, 0.2) is 24.3 Å². The number of carbonyl (C=O) groups is 1. The van der Waals surface area contributed by atoms with Gasteiger partial charge in [0.05, 0.1) is 8.07 Å². The first kappa shape index (κ1) is 32.3. The van der Waals surface area contributed by atoms with E-state index in [0.29, 0.717) is 0 Å². The van der Waals surface area contributed by atoms with Crippen LogP contribution in [0.3, 0.4) is 0 Å². The second kappa shape index (κ2) is 17.1. The van der Waals surface area contributed by atoms with E-state index in [4.69, 9.17) is 14.0 Å². The third-order valence-electron chi connectivity index (χ3n) is 3.31. The molecule has 0 bridgehead atoms. The van der Waals surface area contributed by atoms with Gasteiger partial charge < -0.3 is 4.90 Å². The molecule has 0 N–H and O–H groups in total. The van der Waals surface area contributed by atoms with Crippen LogP contribution in [0.1, 0.15) is 38.1 Å². The minimum absolute atomic E-state index is 0. The van der Waals surface area contributed by atoms with Gasteiger partial charge in [0.25, 0.3) is 5.91 Å². The molecular weight excluding hydrogens is 386 g/mol. The zero-order chi connectivity index (χ0) is 20.8. The van der Waals surface area contributed by atoms with E-state index in [-0.39, 0.29) is 35.4 Å². The number of hydrogen-bond donors (Lipinski definition) is 0. The first-order chi connectivity index (χ1) is 11.7. The standard InChI is InChI=1S/C16H27NOSi.3CO.Cr/c1-12(2)17(13(3)4)16(18)14-10-8-9-11-15(14)19(5,6)7;3*1-2;/h8-13H,1-7H3;;;;. The van der Waals surface area contributed by atoms with E-state index in [1.807, 2.05) is 23.1 Å². The van der Waals surface area contributed by atoms with Crippen LogP contribution in [0.4, 0.5) is 0 Å². The summed E-state index contributed by atoms with van der Waals surface area (Å²) in [7, 11) is -1.50. The van der Waals surface area contributed by atoms with Gasteiger partial charge >= 0.3 is 33.9 Å². The van der Waals surface area contributed by atoms with Crippen molar-refractivity contribution in [2.45, 2.75) is 59.4 Å². The third-order valence-corrected chi connectivity index (χ3v) is 5.36. The molecule has 7 heteroatoms. The summed E-state index contributed by atoms with van der Waals surface area (Å²) in [6, 6.07) is 8.56. The van der Waals surface area contributed by atoms with Crippen LogP contribution in [-0.4, -0.2) is 31.0 Å². The molecule has 0 unspecified atom stereocenters. The Labute approximate surface area is 169 Å². The topological polar surface area (TPSA) is 80.0 Å². The van der Waals surface area contributed by atoms with Gasteiger partial charge in [-0.15, -0.1) is 0 Å². The number of carbonyl (C=O) groups excluding carboxylic acids is 1. The van der Waals surface area contributed by atoms with Gasteiger partial charge in [-0.05, 0) is 38.9 Å². The summed E-state index contributed by atoms with van der Waals surface area (Å²) in [6.45, 7) is 28.7. The van der Waals surface area contributed by atoms with Gasteiger partial charge in [-0.2, -0.15) is 0 Å². The SMILES string of the molecule is CC(C)N(C(=O)c1ccccc1[Si](C)(C)C)C(C)C.[C-]#[O+].[C-]#[O+].[C-]#[O+].[Cr]. The van der Waals surface area contributed by atoms with E-state index in [0.717, 1.165) is 5.56 Å². The van der Waals surface area contributed by atoms with Crippen LogP contribution in [0, 0.1) is 20.0 Å². The van der Waals surface area contributed by atoms with E-state index >= 15 is 0 Å². The number of amides is 1. The molecule has 0 heterocycles. The van der Waals surface area contributed by atoms with Crippen molar-refractivity contribution in [2.75, 3.05) is 0 Å². The van der Waals surface area contributed by atoms with Gasteiger partial charge in [0, 0.05) is 35.0 Å². The normalized spacial score (nSPS) is 9.04. The maximum atomic E-state index is 12.8. The second-order valence-electron chi connectivity index (χ2n) is 6.70. The van der Waals surface area contributed by atoms with Crippen molar-refractivity contribution in [2.24, 2.45) is 0 Å². The average Bonchev–Trinajstić information content (AvgIpc) is 2.59. The summed E-state index contributed by atoms with van der Waals surface area (Å²) in [5.74, 6) is 0.169. The third kappa shape index (κ3) is 10.6. The minimum atomic E-state index is -1.50.